The van der Waals surface area contributed by atoms with Crippen molar-refractivity contribution in [3.8, 4) is 45.0 Å². The van der Waals surface area contributed by atoms with Gasteiger partial charge < -0.3 is 10.3 Å². The van der Waals surface area contributed by atoms with Crippen LogP contribution >= 0.6 is 0 Å². The number of benzene rings is 4. The summed E-state index contributed by atoms with van der Waals surface area (Å²) in [5.74, 6) is 0.601. The molecule has 7 heteroatoms. The number of aromatic nitrogens is 2. The Morgan fingerprint density at radius 1 is 0.750 bits per heavy atom. The van der Waals surface area contributed by atoms with Gasteiger partial charge in [-0.25, -0.2) is 4.98 Å². The fourth-order valence-corrected chi connectivity index (χ4v) is 4.04. The molecule has 36 heavy (non-hydrogen) atoms. The Morgan fingerprint density at radius 2 is 1.31 bits per heavy atom. The van der Waals surface area contributed by atoms with E-state index >= 15 is 0 Å². The number of carbonyl (C=O) groups excluding carboxylic acids is 1. The van der Waals surface area contributed by atoms with E-state index in [-0.39, 0.29) is 11.6 Å². The van der Waals surface area contributed by atoms with E-state index < -0.39 is 4.92 Å². The zero-order valence-corrected chi connectivity index (χ0v) is 19.4. The molecule has 1 amide bonds. The molecule has 1 aromatic heterocycles. The fraction of sp³-hybridized carbons (Fsp3) is 0.0345. The topological polar surface area (TPSA) is 101 Å². The van der Waals surface area contributed by atoms with Crippen molar-refractivity contribution >= 4 is 17.3 Å². The van der Waals surface area contributed by atoms with Gasteiger partial charge in [-0.05, 0) is 47.5 Å². The molecule has 0 saturated heterocycles. The van der Waals surface area contributed by atoms with Crippen molar-refractivity contribution in [3.63, 3.8) is 0 Å². The van der Waals surface area contributed by atoms with Gasteiger partial charge in [0.2, 0.25) is 5.91 Å². The number of non-ortho nitro benzene ring substituents is 1. The van der Waals surface area contributed by atoms with Crippen molar-refractivity contribution in [2.75, 3.05) is 5.32 Å². The van der Waals surface area contributed by atoms with Crippen LogP contribution in [0.2, 0.25) is 0 Å². The smallest absolute Gasteiger partial charge is 0.269 e. The summed E-state index contributed by atoms with van der Waals surface area (Å²) >= 11 is 0. The van der Waals surface area contributed by atoms with Crippen LogP contribution in [0.1, 0.15) is 6.92 Å². The number of rotatable bonds is 6. The SMILES string of the molecule is CC(=O)Nc1ccc(-c2nc(-c3ccccc3)c(-c3ccc(-c4ccc([N+](=O)[O-])cc4)cc3)[nH]2)cc1. The molecule has 5 aromatic rings. The zero-order chi connectivity index (χ0) is 25.1. The van der Waals surface area contributed by atoms with Crippen molar-refractivity contribution in [3.05, 3.63) is 113 Å². The third kappa shape index (κ3) is 4.76. The van der Waals surface area contributed by atoms with Gasteiger partial charge in [-0.2, -0.15) is 0 Å². The Labute approximate surface area is 207 Å². The number of hydrogen-bond donors (Lipinski definition) is 2. The largest absolute Gasteiger partial charge is 0.337 e. The quantitative estimate of drug-likeness (QED) is 0.205. The van der Waals surface area contributed by atoms with Gasteiger partial charge in [0.1, 0.15) is 5.82 Å². The maximum Gasteiger partial charge on any atom is 0.269 e. The number of aromatic amines is 1. The molecule has 176 valence electrons. The molecule has 0 spiro atoms. The van der Waals surface area contributed by atoms with Crippen molar-refractivity contribution in [1.29, 1.82) is 0 Å². The number of H-pyrrole nitrogens is 1. The molecule has 4 aromatic carbocycles. The molecule has 0 saturated carbocycles. The van der Waals surface area contributed by atoms with E-state index in [2.05, 4.69) is 10.3 Å². The molecule has 2 N–H and O–H groups in total. The third-order valence-electron chi connectivity index (χ3n) is 5.81. The van der Waals surface area contributed by atoms with Crippen LogP contribution in [0, 0.1) is 10.1 Å². The summed E-state index contributed by atoms with van der Waals surface area (Å²) in [5.41, 5.74) is 7.23. The van der Waals surface area contributed by atoms with Crippen LogP contribution in [0.25, 0.3) is 45.0 Å². The van der Waals surface area contributed by atoms with Crippen LogP contribution in [0.15, 0.2) is 103 Å². The zero-order valence-electron chi connectivity index (χ0n) is 19.4. The lowest BCUT2D eigenvalue weighted by atomic mass is 10.0. The number of carbonyl (C=O) groups is 1. The molecule has 0 fully saturated rings. The van der Waals surface area contributed by atoms with Gasteiger partial charge in [0.25, 0.3) is 5.69 Å². The predicted octanol–water partition coefficient (Wildman–Crippen LogP) is 6.94. The molecule has 0 aliphatic heterocycles. The molecule has 0 bridgehead atoms. The lowest BCUT2D eigenvalue weighted by Gasteiger charge is -2.06. The fourth-order valence-electron chi connectivity index (χ4n) is 4.04. The molecular weight excluding hydrogens is 452 g/mol. The van der Waals surface area contributed by atoms with Crippen molar-refractivity contribution in [1.82, 2.24) is 9.97 Å². The van der Waals surface area contributed by atoms with Gasteiger partial charge in [0.15, 0.2) is 0 Å². The van der Waals surface area contributed by atoms with Crippen LogP contribution in [0.4, 0.5) is 11.4 Å². The molecule has 5 rings (SSSR count). The Hall–Kier alpha value is -5.04. The monoisotopic (exact) mass is 474 g/mol. The van der Waals surface area contributed by atoms with Gasteiger partial charge >= 0.3 is 0 Å². The van der Waals surface area contributed by atoms with E-state index in [0.29, 0.717) is 0 Å². The van der Waals surface area contributed by atoms with Crippen molar-refractivity contribution in [2.45, 2.75) is 6.92 Å². The van der Waals surface area contributed by atoms with Crippen LogP contribution < -0.4 is 5.32 Å². The standard InChI is InChI=1S/C29H22N4O3/c1-19(34)30-25-15-11-24(12-16-25)29-31-27(22-5-3-2-4-6-22)28(32-29)23-9-7-20(8-10-23)21-13-17-26(18-14-21)33(35)36/h2-18H,1H3,(H,30,34)(H,31,32). The first-order valence-electron chi connectivity index (χ1n) is 11.4. The Morgan fingerprint density at radius 3 is 1.89 bits per heavy atom. The van der Waals surface area contributed by atoms with Crippen molar-refractivity contribution in [2.24, 2.45) is 0 Å². The minimum atomic E-state index is -0.402. The van der Waals surface area contributed by atoms with Gasteiger partial charge in [0.05, 0.1) is 16.3 Å². The Kier molecular flexibility index (Phi) is 6.11. The summed E-state index contributed by atoms with van der Waals surface area (Å²) in [4.78, 5) is 30.3. The number of amides is 1. The van der Waals surface area contributed by atoms with Gasteiger partial charge in [0, 0.05) is 41.4 Å². The van der Waals surface area contributed by atoms with Gasteiger partial charge in [-0.1, -0.05) is 54.6 Å². The van der Waals surface area contributed by atoms with Crippen LogP contribution in [0.5, 0.6) is 0 Å². The summed E-state index contributed by atoms with van der Waals surface area (Å²) in [6.45, 7) is 1.48. The average Bonchev–Trinajstić information content (AvgIpc) is 3.35. The third-order valence-corrected chi connectivity index (χ3v) is 5.81. The highest BCUT2D eigenvalue weighted by Gasteiger charge is 2.16. The summed E-state index contributed by atoms with van der Waals surface area (Å²) in [6.07, 6.45) is 0. The molecule has 0 aliphatic rings. The van der Waals surface area contributed by atoms with Gasteiger partial charge in [-0.15, -0.1) is 0 Å². The van der Waals surface area contributed by atoms with Crippen LogP contribution in [0.3, 0.4) is 0 Å². The van der Waals surface area contributed by atoms with E-state index in [9.17, 15) is 14.9 Å². The summed E-state index contributed by atoms with van der Waals surface area (Å²) in [5, 5.41) is 13.7. The van der Waals surface area contributed by atoms with E-state index in [0.717, 1.165) is 50.7 Å². The molecular formula is C29H22N4O3. The predicted molar refractivity (Wildman–Crippen MR) is 141 cm³/mol. The molecule has 0 aliphatic carbocycles. The molecule has 0 unspecified atom stereocenters. The van der Waals surface area contributed by atoms with E-state index in [1.807, 2.05) is 78.9 Å². The molecule has 1 heterocycles. The number of hydrogen-bond acceptors (Lipinski definition) is 4. The number of nitrogens with one attached hydrogen (secondary N) is 2. The summed E-state index contributed by atoms with van der Waals surface area (Å²) in [7, 11) is 0. The van der Waals surface area contributed by atoms with Gasteiger partial charge in [-0.3, -0.25) is 14.9 Å². The number of anilines is 1. The second-order valence-electron chi connectivity index (χ2n) is 8.31. The minimum Gasteiger partial charge on any atom is -0.337 e. The highest BCUT2D eigenvalue weighted by molar-refractivity contribution is 5.89. The first-order valence-corrected chi connectivity index (χ1v) is 11.4. The van der Waals surface area contributed by atoms with E-state index in [4.69, 9.17) is 4.98 Å². The average molecular weight is 475 g/mol. The van der Waals surface area contributed by atoms with Crippen LogP contribution in [-0.4, -0.2) is 20.8 Å². The second-order valence-corrected chi connectivity index (χ2v) is 8.31. The normalized spacial score (nSPS) is 10.7. The molecule has 0 radical (unpaired) electrons. The lowest BCUT2D eigenvalue weighted by molar-refractivity contribution is -0.384. The number of imidazole rings is 1. The Balaban J connectivity index is 1.51. The first-order chi connectivity index (χ1) is 17.5. The maximum absolute atomic E-state index is 11.3. The summed E-state index contributed by atoms with van der Waals surface area (Å²) in [6, 6.07) is 32.0. The Bertz CT molecular complexity index is 1520. The van der Waals surface area contributed by atoms with Crippen LogP contribution in [-0.2, 0) is 4.79 Å². The number of nitrogens with zero attached hydrogens (tertiary/aromatic N) is 2. The second kappa shape index (κ2) is 9.68. The maximum atomic E-state index is 11.3. The minimum absolute atomic E-state index is 0.0676. The highest BCUT2D eigenvalue weighted by atomic mass is 16.6. The molecule has 0 atom stereocenters. The van der Waals surface area contributed by atoms with E-state index in [1.54, 1.807) is 12.1 Å². The number of nitro benzene ring substituents is 1. The lowest BCUT2D eigenvalue weighted by Crippen LogP contribution is -2.05. The highest BCUT2D eigenvalue weighted by Crippen LogP contribution is 2.34. The van der Waals surface area contributed by atoms with Crippen molar-refractivity contribution < 1.29 is 9.72 Å². The first kappa shape index (κ1) is 22.7. The number of nitro groups is 1. The molecule has 7 nitrogen and oxygen atoms in total. The van der Waals surface area contributed by atoms with E-state index in [1.165, 1.54) is 19.1 Å². The summed E-state index contributed by atoms with van der Waals surface area (Å²) < 4.78 is 0.